The predicted molar refractivity (Wildman–Crippen MR) is 77.0 cm³/mol. The SMILES string of the molecule is Cc1ccc(C(=O)CN2CCCC(C(=O)O)C2)c(C)c1. The van der Waals surface area contributed by atoms with Crippen LogP contribution in [0.15, 0.2) is 18.2 Å². The van der Waals surface area contributed by atoms with E-state index in [-0.39, 0.29) is 11.7 Å². The fraction of sp³-hybridized carbons (Fsp3) is 0.500. The average molecular weight is 275 g/mol. The number of carboxylic acids is 1. The van der Waals surface area contributed by atoms with Gasteiger partial charge >= 0.3 is 5.97 Å². The third kappa shape index (κ3) is 3.45. The maximum absolute atomic E-state index is 12.3. The van der Waals surface area contributed by atoms with Crippen molar-refractivity contribution in [3.63, 3.8) is 0 Å². The van der Waals surface area contributed by atoms with Gasteiger partial charge in [0.1, 0.15) is 0 Å². The number of nitrogens with zero attached hydrogens (tertiary/aromatic N) is 1. The average Bonchev–Trinajstić information content (AvgIpc) is 2.38. The molecule has 0 spiro atoms. The van der Waals surface area contributed by atoms with E-state index in [2.05, 4.69) is 0 Å². The van der Waals surface area contributed by atoms with E-state index in [1.807, 2.05) is 36.9 Å². The molecular weight excluding hydrogens is 254 g/mol. The van der Waals surface area contributed by atoms with Crippen molar-refractivity contribution >= 4 is 11.8 Å². The highest BCUT2D eigenvalue weighted by atomic mass is 16.4. The molecule has 1 aliphatic rings. The maximum Gasteiger partial charge on any atom is 0.307 e. The van der Waals surface area contributed by atoms with Crippen LogP contribution in [0.5, 0.6) is 0 Å². The Morgan fingerprint density at radius 2 is 2.10 bits per heavy atom. The largest absolute Gasteiger partial charge is 0.481 e. The number of aliphatic carboxylic acids is 1. The van der Waals surface area contributed by atoms with Gasteiger partial charge in [0.15, 0.2) is 5.78 Å². The third-order valence-corrected chi connectivity index (χ3v) is 3.90. The van der Waals surface area contributed by atoms with Crippen molar-refractivity contribution in [1.29, 1.82) is 0 Å². The van der Waals surface area contributed by atoms with Gasteiger partial charge in [-0.05, 0) is 38.8 Å². The zero-order valence-electron chi connectivity index (χ0n) is 12.1. The second kappa shape index (κ2) is 6.18. The lowest BCUT2D eigenvalue weighted by Crippen LogP contribution is -2.41. The lowest BCUT2D eigenvalue weighted by atomic mass is 9.97. The van der Waals surface area contributed by atoms with Gasteiger partial charge in [0.05, 0.1) is 12.5 Å². The normalized spacial score (nSPS) is 19.8. The molecule has 4 nitrogen and oxygen atoms in total. The Morgan fingerprint density at radius 1 is 1.35 bits per heavy atom. The van der Waals surface area contributed by atoms with Gasteiger partial charge in [-0.15, -0.1) is 0 Å². The van der Waals surface area contributed by atoms with Gasteiger partial charge in [0.2, 0.25) is 0 Å². The Morgan fingerprint density at radius 3 is 2.75 bits per heavy atom. The summed E-state index contributed by atoms with van der Waals surface area (Å²) in [5.74, 6) is -1.02. The van der Waals surface area contributed by atoms with Gasteiger partial charge in [-0.2, -0.15) is 0 Å². The number of aryl methyl sites for hydroxylation is 2. The van der Waals surface area contributed by atoms with Crippen LogP contribution in [0, 0.1) is 19.8 Å². The van der Waals surface area contributed by atoms with Gasteiger partial charge in [-0.1, -0.05) is 23.8 Å². The standard InChI is InChI=1S/C16H21NO3/c1-11-5-6-14(12(2)8-11)15(18)10-17-7-3-4-13(9-17)16(19)20/h5-6,8,13H,3-4,7,9-10H2,1-2H3,(H,19,20). The summed E-state index contributed by atoms with van der Waals surface area (Å²) in [4.78, 5) is 25.3. The van der Waals surface area contributed by atoms with Crippen LogP contribution in [0.2, 0.25) is 0 Å². The van der Waals surface area contributed by atoms with Crippen molar-refractivity contribution in [2.75, 3.05) is 19.6 Å². The number of hydrogen-bond acceptors (Lipinski definition) is 3. The molecular formula is C16H21NO3. The summed E-state index contributed by atoms with van der Waals surface area (Å²) >= 11 is 0. The zero-order chi connectivity index (χ0) is 14.7. The number of Topliss-reactive ketones (excluding diaryl/α,β-unsaturated/α-hetero) is 1. The van der Waals surface area contributed by atoms with E-state index >= 15 is 0 Å². The Balaban J connectivity index is 2.02. The molecule has 0 aliphatic carbocycles. The molecule has 20 heavy (non-hydrogen) atoms. The summed E-state index contributed by atoms with van der Waals surface area (Å²) in [7, 11) is 0. The fourth-order valence-corrected chi connectivity index (χ4v) is 2.82. The first-order chi connectivity index (χ1) is 9.47. The highest BCUT2D eigenvalue weighted by molar-refractivity contribution is 5.99. The molecule has 0 aromatic heterocycles. The zero-order valence-corrected chi connectivity index (χ0v) is 12.1. The lowest BCUT2D eigenvalue weighted by Gasteiger charge is -2.30. The molecule has 1 saturated heterocycles. The monoisotopic (exact) mass is 275 g/mol. The third-order valence-electron chi connectivity index (χ3n) is 3.90. The number of ketones is 1. The Bertz CT molecular complexity index is 524. The molecule has 2 rings (SSSR count). The van der Waals surface area contributed by atoms with Gasteiger partial charge in [-0.3, -0.25) is 14.5 Å². The van der Waals surface area contributed by atoms with Crippen LogP contribution in [-0.2, 0) is 4.79 Å². The Hall–Kier alpha value is -1.68. The second-order valence-corrected chi connectivity index (χ2v) is 5.65. The van der Waals surface area contributed by atoms with E-state index in [1.54, 1.807) is 0 Å². The summed E-state index contributed by atoms with van der Waals surface area (Å²) in [5, 5.41) is 9.07. The van der Waals surface area contributed by atoms with Crippen LogP contribution in [0.25, 0.3) is 0 Å². The molecule has 4 heteroatoms. The molecule has 0 bridgehead atoms. The van der Waals surface area contributed by atoms with E-state index in [9.17, 15) is 9.59 Å². The first-order valence-corrected chi connectivity index (χ1v) is 7.03. The number of piperidine rings is 1. The highest BCUT2D eigenvalue weighted by Gasteiger charge is 2.26. The minimum atomic E-state index is -0.756. The summed E-state index contributed by atoms with van der Waals surface area (Å²) in [6.45, 7) is 5.54. The van der Waals surface area contributed by atoms with Gasteiger partial charge in [-0.25, -0.2) is 0 Å². The fourth-order valence-electron chi connectivity index (χ4n) is 2.82. The van der Waals surface area contributed by atoms with E-state index in [1.165, 1.54) is 0 Å². The van der Waals surface area contributed by atoms with Crippen LogP contribution in [0.4, 0.5) is 0 Å². The minimum Gasteiger partial charge on any atom is -0.481 e. The predicted octanol–water partition coefficient (Wildman–Crippen LogP) is 2.28. The van der Waals surface area contributed by atoms with Crippen LogP contribution in [0.1, 0.15) is 34.3 Å². The smallest absolute Gasteiger partial charge is 0.307 e. The van der Waals surface area contributed by atoms with Gasteiger partial charge in [0, 0.05) is 12.1 Å². The van der Waals surface area contributed by atoms with Crippen LogP contribution < -0.4 is 0 Å². The van der Waals surface area contributed by atoms with E-state index in [0.717, 1.165) is 29.7 Å². The lowest BCUT2D eigenvalue weighted by molar-refractivity contribution is -0.143. The topological polar surface area (TPSA) is 57.6 Å². The van der Waals surface area contributed by atoms with Crippen molar-refractivity contribution < 1.29 is 14.7 Å². The van der Waals surface area contributed by atoms with E-state index in [4.69, 9.17) is 5.11 Å². The number of carbonyl (C=O) groups excluding carboxylic acids is 1. The van der Waals surface area contributed by atoms with Crippen molar-refractivity contribution in [1.82, 2.24) is 4.90 Å². The molecule has 1 fully saturated rings. The number of carbonyl (C=O) groups is 2. The molecule has 1 heterocycles. The van der Waals surface area contributed by atoms with Crippen molar-refractivity contribution in [3.05, 3.63) is 34.9 Å². The molecule has 0 radical (unpaired) electrons. The second-order valence-electron chi connectivity index (χ2n) is 5.65. The highest BCUT2D eigenvalue weighted by Crippen LogP contribution is 2.18. The number of benzene rings is 1. The van der Waals surface area contributed by atoms with Gasteiger partial charge in [0.25, 0.3) is 0 Å². The van der Waals surface area contributed by atoms with Crippen molar-refractivity contribution in [2.24, 2.45) is 5.92 Å². The molecule has 1 aromatic carbocycles. The molecule has 1 atom stereocenters. The molecule has 108 valence electrons. The number of hydrogen-bond donors (Lipinski definition) is 1. The Kier molecular flexibility index (Phi) is 4.55. The van der Waals surface area contributed by atoms with Crippen molar-refractivity contribution in [2.45, 2.75) is 26.7 Å². The molecule has 1 N–H and O–H groups in total. The molecule has 1 aliphatic heterocycles. The quantitative estimate of drug-likeness (QED) is 0.856. The summed E-state index contributed by atoms with van der Waals surface area (Å²) in [6.07, 6.45) is 1.56. The molecule has 0 amide bonds. The summed E-state index contributed by atoms with van der Waals surface area (Å²) < 4.78 is 0. The minimum absolute atomic E-state index is 0.0774. The van der Waals surface area contributed by atoms with Crippen LogP contribution >= 0.6 is 0 Å². The molecule has 1 unspecified atom stereocenters. The molecule has 0 saturated carbocycles. The first kappa shape index (κ1) is 14.7. The maximum atomic E-state index is 12.3. The van der Waals surface area contributed by atoms with E-state index < -0.39 is 5.97 Å². The van der Waals surface area contributed by atoms with Gasteiger partial charge < -0.3 is 5.11 Å². The summed E-state index contributed by atoms with van der Waals surface area (Å²) in [6, 6.07) is 5.81. The number of carboxylic acid groups (broad SMARTS) is 1. The number of rotatable bonds is 4. The van der Waals surface area contributed by atoms with E-state index in [0.29, 0.717) is 19.5 Å². The van der Waals surface area contributed by atoms with Crippen LogP contribution in [-0.4, -0.2) is 41.4 Å². The summed E-state index contributed by atoms with van der Waals surface area (Å²) in [5.41, 5.74) is 2.87. The van der Waals surface area contributed by atoms with Crippen molar-refractivity contribution in [3.8, 4) is 0 Å². The Labute approximate surface area is 119 Å². The first-order valence-electron chi connectivity index (χ1n) is 7.03. The van der Waals surface area contributed by atoms with Crippen LogP contribution in [0.3, 0.4) is 0 Å². The number of likely N-dealkylation sites (tertiary alicyclic amines) is 1. The molecule has 1 aromatic rings.